The molecule has 0 unspecified atom stereocenters. The molecule has 2 nitrogen and oxygen atoms in total. The molecule has 0 aromatic carbocycles. The largest absolute Gasteiger partial charge is 0.396 e. The number of hydrogen-bond acceptors (Lipinski definition) is 2. The molecule has 1 saturated heterocycles. The van der Waals surface area contributed by atoms with Crippen molar-refractivity contribution < 1.29 is 9.84 Å². The lowest BCUT2D eigenvalue weighted by Gasteiger charge is -1.78. The molecule has 1 aliphatic heterocycles. The topological polar surface area (TPSA) is 29.5 Å². The van der Waals surface area contributed by atoms with Crippen LogP contribution in [0.25, 0.3) is 0 Å². The highest BCUT2D eigenvalue weighted by Gasteiger charge is 1.94. The number of alkyl halides is 1. The average Bonchev–Trinajstić information content (AvgIpc) is 2.44. The van der Waals surface area contributed by atoms with Crippen LogP contribution in [-0.4, -0.2) is 30.3 Å². The van der Waals surface area contributed by atoms with E-state index >= 15 is 0 Å². The maximum atomic E-state index is 8.04. The summed E-state index contributed by atoms with van der Waals surface area (Å²) in [5.41, 5.74) is 0. The van der Waals surface area contributed by atoms with E-state index in [0.29, 0.717) is 6.61 Å². The molecule has 1 N–H and O–H groups in total. The molecule has 0 amide bonds. The molecule has 0 saturated carbocycles. The van der Waals surface area contributed by atoms with Crippen LogP contribution in [0, 0.1) is 0 Å². The van der Waals surface area contributed by atoms with Gasteiger partial charge in [0.25, 0.3) is 0 Å². The standard InChI is InChI=1S/C4H8O.C3H7BrO/c1-2-4-5-3-1;4-2-1-3-5/h1-4H2;5H,1-3H2. The van der Waals surface area contributed by atoms with Gasteiger partial charge in [0.2, 0.25) is 0 Å². The van der Waals surface area contributed by atoms with E-state index in [9.17, 15) is 0 Å². The minimum absolute atomic E-state index is 0.297. The summed E-state index contributed by atoms with van der Waals surface area (Å²) < 4.78 is 4.94. The Morgan fingerprint density at radius 1 is 1.30 bits per heavy atom. The lowest BCUT2D eigenvalue weighted by atomic mass is 10.4. The number of rotatable bonds is 2. The summed E-state index contributed by atoms with van der Waals surface area (Å²) in [6, 6.07) is 0. The van der Waals surface area contributed by atoms with E-state index in [-0.39, 0.29) is 0 Å². The number of aliphatic hydroxyl groups is 1. The van der Waals surface area contributed by atoms with Crippen molar-refractivity contribution in [1.29, 1.82) is 0 Å². The summed E-state index contributed by atoms with van der Waals surface area (Å²) in [6.45, 7) is 2.30. The van der Waals surface area contributed by atoms with Crippen molar-refractivity contribution in [3.05, 3.63) is 0 Å². The molecule has 0 aromatic rings. The highest BCUT2D eigenvalue weighted by Crippen LogP contribution is 1.98. The predicted molar refractivity (Wildman–Crippen MR) is 45.5 cm³/mol. The Labute approximate surface area is 70.7 Å². The van der Waals surface area contributed by atoms with Crippen LogP contribution in [0.4, 0.5) is 0 Å². The first-order valence-corrected chi connectivity index (χ1v) is 4.78. The van der Waals surface area contributed by atoms with Crippen LogP contribution < -0.4 is 0 Å². The Morgan fingerprint density at radius 2 is 1.90 bits per heavy atom. The van der Waals surface area contributed by atoms with E-state index in [0.717, 1.165) is 25.0 Å². The zero-order chi connectivity index (χ0) is 7.66. The molecule has 0 atom stereocenters. The summed E-state index contributed by atoms with van der Waals surface area (Å²) in [4.78, 5) is 0. The first kappa shape index (κ1) is 10.4. The van der Waals surface area contributed by atoms with Crippen molar-refractivity contribution in [2.24, 2.45) is 0 Å². The molecule has 0 radical (unpaired) electrons. The number of aliphatic hydroxyl groups excluding tert-OH is 1. The van der Waals surface area contributed by atoms with Gasteiger partial charge in [-0.15, -0.1) is 0 Å². The zero-order valence-corrected chi connectivity index (χ0v) is 7.77. The molecular weight excluding hydrogens is 196 g/mol. The van der Waals surface area contributed by atoms with Gasteiger partial charge in [-0.2, -0.15) is 0 Å². The lowest BCUT2D eigenvalue weighted by Crippen LogP contribution is -1.78. The maximum Gasteiger partial charge on any atom is 0.0466 e. The molecular formula is C7H15BrO2. The van der Waals surface area contributed by atoms with Crippen LogP contribution in [0.2, 0.25) is 0 Å². The van der Waals surface area contributed by atoms with Crippen LogP contribution in [0.5, 0.6) is 0 Å². The third-order valence-corrected chi connectivity index (χ3v) is 1.68. The Morgan fingerprint density at radius 3 is 2.00 bits per heavy atom. The van der Waals surface area contributed by atoms with Crippen molar-refractivity contribution >= 4 is 15.9 Å². The third-order valence-electron chi connectivity index (χ3n) is 1.12. The highest BCUT2D eigenvalue weighted by molar-refractivity contribution is 9.09. The van der Waals surface area contributed by atoms with Gasteiger partial charge in [-0.05, 0) is 19.3 Å². The van der Waals surface area contributed by atoms with Gasteiger partial charge in [0.15, 0.2) is 0 Å². The molecule has 0 aromatic heterocycles. The van der Waals surface area contributed by atoms with E-state index in [2.05, 4.69) is 15.9 Å². The van der Waals surface area contributed by atoms with Gasteiger partial charge in [0.1, 0.15) is 0 Å². The second kappa shape index (κ2) is 9.40. The van der Waals surface area contributed by atoms with Crippen molar-refractivity contribution in [2.45, 2.75) is 19.3 Å². The average molecular weight is 211 g/mol. The second-order valence-corrected chi connectivity index (χ2v) is 2.88. The van der Waals surface area contributed by atoms with Gasteiger partial charge in [-0.25, -0.2) is 0 Å². The highest BCUT2D eigenvalue weighted by atomic mass is 79.9. The first-order chi connectivity index (χ1) is 4.91. The Hall–Kier alpha value is 0.400. The van der Waals surface area contributed by atoms with E-state index in [4.69, 9.17) is 9.84 Å². The monoisotopic (exact) mass is 210 g/mol. The summed E-state index contributed by atoms with van der Waals surface area (Å²) in [5, 5.41) is 8.94. The van der Waals surface area contributed by atoms with Gasteiger partial charge in [-0.3, -0.25) is 0 Å². The molecule has 0 aliphatic carbocycles. The Kier molecular flexibility index (Phi) is 9.78. The number of ether oxygens (including phenoxy) is 1. The van der Waals surface area contributed by atoms with Gasteiger partial charge < -0.3 is 9.84 Å². The minimum atomic E-state index is 0.297. The van der Waals surface area contributed by atoms with Gasteiger partial charge in [-0.1, -0.05) is 15.9 Å². The Bertz CT molecular complexity index is 46.0. The van der Waals surface area contributed by atoms with E-state index in [1.54, 1.807) is 0 Å². The van der Waals surface area contributed by atoms with Crippen LogP contribution in [0.15, 0.2) is 0 Å². The number of hydrogen-bond donors (Lipinski definition) is 1. The quantitative estimate of drug-likeness (QED) is 0.702. The van der Waals surface area contributed by atoms with Crippen LogP contribution in [0.3, 0.4) is 0 Å². The van der Waals surface area contributed by atoms with Gasteiger partial charge in [0.05, 0.1) is 0 Å². The van der Waals surface area contributed by atoms with Crippen molar-refractivity contribution in [3.8, 4) is 0 Å². The molecule has 1 fully saturated rings. The fourth-order valence-corrected chi connectivity index (χ4v) is 0.821. The first-order valence-electron chi connectivity index (χ1n) is 3.66. The smallest absolute Gasteiger partial charge is 0.0466 e. The van der Waals surface area contributed by atoms with Gasteiger partial charge >= 0.3 is 0 Å². The molecule has 1 rings (SSSR count). The van der Waals surface area contributed by atoms with E-state index in [1.165, 1.54) is 12.8 Å². The molecule has 0 bridgehead atoms. The normalized spacial score (nSPS) is 16.2. The molecule has 3 heteroatoms. The van der Waals surface area contributed by atoms with Crippen LogP contribution >= 0.6 is 15.9 Å². The van der Waals surface area contributed by atoms with Crippen molar-refractivity contribution in [3.63, 3.8) is 0 Å². The molecule has 0 spiro atoms. The SMILES string of the molecule is C1CCOC1.OCCCBr. The Balaban J connectivity index is 0.000000162. The second-order valence-electron chi connectivity index (χ2n) is 2.09. The van der Waals surface area contributed by atoms with E-state index in [1.807, 2.05) is 0 Å². The summed E-state index contributed by atoms with van der Waals surface area (Å²) in [7, 11) is 0. The van der Waals surface area contributed by atoms with Crippen LogP contribution in [0.1, 0.15) is 19.3 Å². The maximum absolute atomic E-state index is 8.04. The summed E-state index contributed by atoms with van der Waals surface area (Å²) in [5.74, 6) is 0. The van der Waals surface area contributed by atoms with Crippen molar-refractivity contribution in [2.75, 3.05) is 25.2 Å². The number of halogens is 1. The molecule has 62 valence electrons. The summed E-state index contributed by atoms with van der Waals surface area (Å²) in [6.07, 6.45) is 3.42. The zero-order valence-electron chi connectivity index (χ0n) is 6.18. The molecule has 10 heavy (non-hydrogen) atoms. The van der Waals surface area contributed by atoms with Crippen LogP contribution in [-0.2, 0) is 4.74 Å². The predicted octanol–water partition coefficient (Wildman–Crippen LogP) is 1.56. The molecule has 1 aliphatic rings. The minimum Gasteiger partial charge on any atom is -0.396 e. The summed E-state index contributed by atoms with van der Waals surface area (Å²) >= 11 is 3.15. The van der Waals surface area contributed by atoms with Crippen molar-refractivity contribution in [1.82, 2.24) is 0 Å². The van der Waals surface area contributed by atoms with E-state index < -0.39 is 0 Å². The lowest BCUT2D eigenvalue weighted by molar-refractivity contribution is 0.198. The van der Waals surface area contributed by atoms with Gasteiger partial charge in [0, 0.05) is 25.2 Å². The fourth-order valence-electron chi connectivity index (χ4n) is 0.570. The molecule has 1 heterocycles. The fraction of sp³-hybridized carbons (Fsp3) is 1.00. The third kappa shape index (κ3) is 8.40.